The predicted molar refractivity (Wildman–Crippen MR) is 65.5 cm³/mol. The maximum atomic E-state index is 11.4. The average Bonchev–Trinajstić information content (AvgIpc) is 2.35. The fraction of sp³-hybridized carbons (Fsp3) is 0. The third-order valence-corrected chi connectivity index (χ3v) is 2.67. The van der Waals surface area contributed by atoms with E-state index in [1.807, 2.05) is 0 Å². The zero-order chi connectivity index (χ0) is 13.6. The number of aromatic carboxylic acids is 1. The third kappa shape index (κ3) is 1.79. The quantitative estimate of drug-likeness (QED) is 0.643. The van der Waals surface area contributed by atoms with Gasteiger partial charge in [0.1, 0.15) is 17.0 Å². The minimum Gasteiger partial charge on any atom is -0.508 e. The van der Waals surface area contributed by atoms with E-state index in [0.717, 1.165) is 12.1 Å². The van der Waals surface area contributed by atoms with Crippen molar-refractivity contribution in [3.63, 3.8) is 0 Å². The number of carbonyl (C=O) groups is 1. The van der Waals surface area contributed by atoms with E-state index in [1.165, 1.54) is 18.2 Å². The standard InChI is InChI=1S/C13H7NO5/c15-6-1-2-9-10(4-6)19-11-5-7(16)3-8(13(17)18)12(11)14-9/h1-5,15H,(H,17,18). The molecule has 3 rings (SSSR count). The smallest absolute Gasteiger partial charge is 0.338 e. The fourth-order valence-electron chi connectivity index (χ4n) is 1.85. The van der Waals surface area contributed by atoms with Crippen LogP contribution in [0.3, 0.4) is 0 Å². The Balaban J connectivity index is 2.47. The Hall–Kier alpha value is -2.89. The molecule has 0 amide bonds. The number of aromatic nitrogens is 1. The van der Waals surface area contributed by atoms with E-state index in [2.05, 4.69) is 4.98 Å². The molecule has 2 aliphatic rings. The molecule has 0 unspecified atom stereocenters. The van der Waals surface area contributed by atoms with Gasteiger partial charge in [0.2, 0.25) is 0 Å². The van der Waals surface area contributed by atoms with Gasteiger partial charge in [0, 0.05) is 18.2 Å². The van der Waals surface area contributed by atoms with E-state index in [9.17, 15) is 14.7 Å². The summed E-state index contributed by atoms with van der Waals surface area (Å²) in [6.45, 7) is 0. The molecule has 6 nitrogen and oxygen atoms in total. The molecule has 0 fully saturated rings. The molecule has 0 atom stereocenters. The predicted octanol–water partition coefficient (Wildman–Crippen LogP) is 1.70. The van der Waals surface area contributed by atoms with Crippen LogP contribution >= 0.6 is 0 Å². The molecule has 6 heteroatoms. The first-order valence-corrected chi connectivity index (χ1v) is 5.35. The Morgan fingerprint density at radius 3 is 2.74 bits per heavy atom. The minimum absolute atomic E-state index is 0.00543. The van der Waals surface area contributed by atoms with Crippen LogP contribution in [0.4, 0.5) is 0 Å². The lowest BCUT2D eigenvalue weighted by Crippen LogP contribution is -2.10. The zero-order valence-electron chi connectivity index (χ0n) is 9.45. The van der Waals surface area contributed by atoms with Gasteiger partial charge in [0.05, 0.1) is 5.56 Å². The summed E-state index contributed by atoms with van der Waals surface area (Å²) in [6, 6.07) is 6.43. The molecule has 1 aliphatic heterocycles. The van der Waals surface area contributed by atoms with Crippen molar-refractivity contribution >= 4 is 17.1 Å². The highest BCUT2D eigenvalue weighted by Crippen LogP contribution is 2.28. The van der Waals surface area contributed by atoms with E-state index in [1.54, 1.807) is 0 Å². The number of hydrogen-bond donors (Lipinski definition) is 2. The molecule has 1 aromatic rings. The largest absolute Gasteiger partial charge is 0.508 e. The Kier molecular flexibility index (Phi) is 2.25. The summed E-state index contributed by atoms with van der Waals surface area (Å²) in [5, 5.41) is 18.4. The van der Waals surface area contributed by atoms with Crippen LogP contribution in [0.25, 0.3) is 22.6 Å². The number of aromatic hydroxyl groups is 1. The lowest BCUT2D eigenvalue weighted by molar-refractivity contribution is 0.0697. The lowest BCUT2D eigenvalue weighted by Gasteiger charge is -2.08. The molecule has 2 N–H and O–H groups in total. The lowest BCUT2D eigenvalue weighted by atomic mass is 10.1. The fourth-order valence-corrected chi connectivity index (χ4v) is 1.85. The summed E-state index contributed by atoms with van der Waals surface area (Å²) < 4.78 is 5.41. The summed E-state index contributed by atoms with van der Waals surface area (Å²) in [6.07, 6.45) is 0. The molecule has 0 saturated carbocycles. The van der Waals surface area contributed by atoms with Crippen molar-refractivity contribution in [2.24, 2.45) is 0 Å². The van der Waals surface area contributed by atoms with E-state index >= 15 is 0 Å². The topological polar surface area (TPSA) is 101 Å². The van der Waals surface area contributed by atoms with Crippen molar-refractivity contribution in [2.45, 2.75) is 0 Å². The number of phenols is 1. The van der Waals surface area contributed by atoms with Crippen LogP contribution in [0, 0.1) is 0 Å². The van der Waals surface area contributed by atoms with Gasteiger partial charge in [-0.3, -0.25) is 4.79 Å². The number of fused-ring (bicyclic) bond motifs is 2. The van der Waals surface area contributed by atoms with Gasteiger partial charge in [-0.25, -0.2) is 9.78 Å². The van der Waals surface area contributed by atoms with Crippen LogP contribution in [0.15, 0.2) is 39.5 Å². The summed E-state index contributed by atoms with van der Waals surface area (Å²) in [5.41, 5.74) is 0.0855. The van der Waals surface area contributed by atoms with E-state index in [0.29, 0.717) is 5.52 Å². The monoisotopic (exact) mass is 257 g/mol. The van der Waals surface area contributed by atoms with Gasteiger partial charge in [-0.05, 0) is 12.1 Å². The van der Waals surface area contributed by atoms with Crippen molar-refractivity contribution in [2.75, 3.05) is 0 Å². The van der Waals surface area contributed by atoms with Crippen LogP contribution in [-0.4, -0.2) is 21.2 Å². The number of carboxylic acid groups (broad SMARTS) is 1. The number of rotatable bonds is 1. The first kappa shape index (κ1) is 11.2. The molecule has 19 heavy (non-hydrogen) atoms. The second-order valence-electron chi connectivity index (χ2n) is 3.99. The van der Waals surface area contributed by atoms with Crippen LogP contribution in [0.1, 0.15) is 10.4 Å². The van der Waals surface area contributed by atoms with Gasteiger partial charge >= 0.3 is 5.97 Å². The van der Waals surface area contributed by atoms with E-state index in [4.69, 9.17) is 9.52 Å². The third-order valence-electron chi connectivity index (χ3n) is 2.67. The molecule has 1 aliphatic carbocycles. The summed E-state index contributed by atoms with van der Waals surface area (Å²) in [5.74, 6) is -1.18. The first-order valence-electron chi connectivity index (χ1n) is 5.35. The molecule has 0 saturated heterocycles. The molecule has 0 bridgehead atoms. The summed E-state index contributed by atoms with van der Waals surface area (Å²) in [7, 11) is 0. The van der Waals surface area contributed by atoms with Crippen LogP contribution in [0.2, 0.25) is 0 Å². The summed E-state index contributed by atoms with van der Waals surface area (Å²) in [4.78, 5) is 26.7. The van der Waals surface area contributed by atoms with Gasteiger partial charge in [0.15, 0.2) is 16.8 Å². The van der Waals surface area contributed by atoms with Crippen molar-refractivity contribution in [3.8, 4) is 17.2 Å². The Labute approximate surface area is 105 Å². The maximum Gasteiger partial charge on any atom is 0.338 e. The van der Waals surface area contributed by atoms with Crippen LogP contribution < -0.4 is 5.43 Å². The van der Waals surface area contributed by atoms with Gasteiger partial charge in [-0.2, -0.15) is 0 Å². The normalized spacial score (nSPS) is 10.9. The van der Waals surface area contributed by atoms with Gasteiger partial charge in [-0.1, -0.05) is 0 Å². The van der Waals surface area contributed by atoms with Gasteiger partial charge in [0.25, 0.3) is 0 Å². The minimum atomic E-state index is -1.25. The Morgan fingerprint density at radius 2 is 2.00 bits per heavy atom. The number of phenolic OH excluding ortho intramolecular Hbond substituents is 1. The number of hydrogen-bond acceptors (Lipinski definition) is 5. The van der Waals surface area contributed by atoms with Crippen LogP contribution in [-0.2, 0) is 0 Å². The molecular formula is C13H7NO5. The van der Waals surface area contributed by atoms with Gasteiger partial charge < -0.3 is 14.6 Å². The van der Waals surface area contributed by atoms with Crippen LogP contribution in [0.5, 0.6) is 5.75 Å². The molecular weight excluding hydrogens is 250 g/mol. The Bertz CT molecular complexity index is 836. The number of nitrogens with zero attached hydrogens (tertiary/aromatic N) is 1. The van der Waals surface area contributed by atoms with E-state index in [-0.39, 0.29) is 28.4 Å². The second-order valence-corrected chi connectivity index (χ2v) is 3.99. The maximum absolute atomic E-state index is 11.4. The van der Waals surface area contributed by atoms with Crippen molar-refractivity contribution in [1.82, 2.24) is 4.98 Å². The molecule has 0 spiro atoms. The van der Waals surface area contributed by atoms with E-state index < -0.39 is 11.4 Å². The number of benzene rings is 2. The highest BCUT2D eigenvalue weighted by molar-refractivity contribution is 5.95. The summed E-state index contributed by atoms with van der Waals surface area (Å²) >= 11 is 0. The average molecular weight is 257 g/mol. The van der Waals surface area contributed by atoms with Gasteiger partial charge in [-0.15, -0.1) is 0 Å². The zero-order valence-corrected chi connectivity index (χ0v) is 9.45. The molecule has 0 aromatic heterocycles. The molecule has 94 valence electrons. The second kappa shape index (κ2) is 3.81. The first-order chi connectivity index (χ1) is 9.04. The molecule has 1 aromatic carbocycles. The van der Waals surface area contributed by atoms with Crippen molar-refractivity contribution < 1.29 is 19.4 Å². The molecule has 0 radical (unpaired) electrons. The highest BCUT2D eigenvalue weighted by atomic mass is 16.4. The molecule has 1 heterocycles. The SMILES string of the molecule is O=C(O)c1cc(=O)cc2oc3cc(O)ccc3nc1-2. The van der Waals surface area contributed by atoms with Crippen molar-refractivity contribution in [3.05, 3.63) is 46.1 Å². The Morgan fingerprint density at radius 1 is 1.21 bits per heavy atom. The number of carboxylic acids is 1. The van der Waals surface area contributed by atoms with Crippen molar-refractivity contribution in [1.29, 1.82) is 0 Å². The highest BCUT2D eigenvalue weighted by Gasteiger charge is 2.19.